The van der Waals surface area contributed by atoms with Gasteiger partial charge in [0.15, 0.2) is 0 Å². The summed E-state index contributed by atoms with van der Waals surface area (Å²) in [4.78, 5) is 18.0. The first-order valence-electron chi connectivity index (χ1n) is 5.72. The molecule has 0 unspecified atom stereocenters. The van der Waals surface area contributed by atoms with E-state index in [-0.39, 0.29) is 5.91 Å². The molecule has 1 aromatic rings. The minimum absolute atomic E-state index is 0.157. The van der Waals surface area contributed by atoms with Gasteiger partial charge >= 0.3 is 0 Å². The summed E-state index contributed by atoms with van der Waals surface area (Å²) in [7, 11) is 0. The molecule has 2 heterocycles. The number of aromatic nitrogens is 1. The predicted molar refractivity (Wildman–Crippen MR) is 66.2 cm³/mol. The monoisotopic (exact) mass is 255 g/mol. The van der Waals surface area contributed by atoms with Crippen LogP contribution in [0.2, 0.25) is 0 Å². The molecule has 1 aromatic heterocycles. The van der Waals surface area contributed by atoms with Crippen molar-refractivity contribution in [2.75, 3.05) is 31.9 Å². The summed E-state index contributed by atoms with van der Waals surface area (Å²) in [5, 5.41) is 3.81. The number of piperazine rings is 1. The smallest absolute Gasteiger partial charge is 0.256 e. The van der Waals surface area contributed by atoms with Gasteiger partial charge in [-0.05, 0) is 13.8 Å². The fourth-order valence-electron chi connectivity index (χ4n) is 1.63. The van der Waals surface area contributed by atoms with Crippen LogP contribution in [-0.2, 0) is 4.79 Å². The quantitative estimate of drug-likeness (QED) is 0.810. The summed E-state index contributed by atoms with van der Waals surface area (Å²) >= 11 is 1.37. The van der Waals surface area contributed by atoms with Crippen molar-refractivity contribution in [3.8, 4) is 0 Å². The van der Waals surface area contributed by atoms with Gasteiger partial charge < -0.3 is 14.6 Å². The zero-order chi connectivity index (χ0) is 12.3. The molecule has 0 atom stereocenters. The molecule has 5 nitrogen and oxygen atoms in total. The number of aryl methyl sites for hydroxylation is 2. The summed E-state index contributed by atoms with van der Waals surface area (Å²) in [5.41, 5.74) is 0.891. The van der Waals surface area contributed by atoms with E-state index in [1.807, 2.05) is 18.7 Å². The molecule has 17 heavy (non-hydrogen) atoms. The van der Waals surface area contributed by atoms with Crippen molar-refractivity contribution < 1.29 is 9.21 Å². The first-order valence-corrected chi connectivity index (χ1v) is 6.70. The first kappa shape index (κ1) is 12.4. The minimum Gasteiger partial charge on any atom is -0.437 e. The number of oxazole rings is 1. The summed E-state index contributed by atoms with van der Waals surface area (Å²) < 4.78 is 5.42. The number of hydrogen-bond donors (Lipinski definition) is 1. The van der Waals surface area contributed by atoms with Crippen LogP contribution in [0.15, 0.2) is 9.64 Å². The number of hydrogen-bond acceptors (Lipinski definition) is 5. The van der Waals surface area contributed by atoms with Crippen LogP contribution in [0.3, 0.4) is 0 Å². The zero-order valence-corrected chi connectivity index (χ0v) is 11.0. The van der Waals surface area contributed by atoms with E-state index in [2.05, 4.69) is 10.3 Å². The fraction of sp³-hybridized carbons (Fsp3) is 0.636. The molecule has 6 heteroatoms. The molecule has 1 aliphatic heterocycles. The van der Waals surface area contributed by atoms with Gasteiger partial charge in [-0.2, -0.15) is 0 Å². The molecule has 1 N–H and O–H groups in total. The van der Waals surface area contributed by atoms with E-state index in [9.17, 15) is 4.79 Å². The van der Waals surface area contributed by atoms with Crippen LogP contribution < -0.4 is 5.32 Å². The number of thioether (sulfide) groups is 1. The van der Waals surface area contributed by atoms with Crippen LogP contribution in [-0.4, -0.2) is 47.7 Å². The largest absolute Gasteiger partial charge is 0.437 e. The van der Waals surface area contributed by atoms with Gasteiger partial charge in [-0.15, -0.1) is 0 Å². The Balaban J connectivity index is 1.83. The van der Waals surface area contributed by atoms with Gasteiger partial charge in [-0.3, -0.25) is 4.79 Å². The summed E-state index contributed by atoms with van der Waals surface area (Å²) in [6.07, 6.45) is 0. The minimum atomic E-state index is 0.157. The highest BCUT2D eigenvalue weighted by atomic mass is 32.2. The van der Waals surface area contributed by atoms with E-state index in [4.69, 9.17) is 4.42 Å². The number of nitrogens with zero attached hydrogens (tertiary/aromatic N) is 2. The third-order valence-electron chi connectivity index (χ3n) is 2.80. The van der Waals surface area contributed by atoms with Crippen molar-refractivity contribution >= 4 is 17.7 Å². The van der Waals surface area contributed by atoms with Gasteiger partial charge in [0.2, 0.25) is 5.91 Å². The van der Waals surface area contributed by atoms with Crippen LogP contribution in [0.25, 0.3) is 0 Å². The lowest BCUT2D eigenvalue weighted by Crippen LogP contribution is -2.47. The summed E-state index contributed by atoms with van der Waals surface area (Å²) in [5.74, 6) is 1.38. The van der Waals surface area contributed by atoms with Gasteiger partial charge in [-0.25, -0.2) is 4.98 Å². The lowest BCUT2D eigenvalue weighted by atomic mass is 10.3. The van der Waals surface area contributed by atoms with E-state index in [1.165, 1.54) is 11.8 Å². The molecule has 2 rings (SSSR count). The fourth-order valence-corrected chi connectivity index (χ4v) is 2.45. The Morgan fingerprint density at radius 1 is 1.47 bits per heavy atom. The van der Waals surface area contributed by atoms with Crippen molar-refractivity contribution in [1.82, 2.24) is 15.2 Å². The highest BCUT2D eigenvalue weighted by Gasteiger charge is 2.17. The molecule has 1 saturated heterocycles. The number of carbonyl (C=O) groups excluding carboxylic acids is 1. The summed E-state index contributed by atoms with van der Waals surface area (Å²) in [6.45, 7) is 7.14. The van der Waals surface area contributed by atoms with Gasteiger partial charge in [0.25, 0.3) is 5.22 Å². The molecular weight excluding hydrogens is 238 g/mol. The maximum atomic E-state index is 11.9. The standard InChI is InChI=1S/C11H17N3O2S/c1-8-9(2)16-11(13-8)17-7-10(15)14-5-3-12-4-6-14/h12H,3-7H2,1-2H3. The number of nitrogens with one attached hydrogen (secondary N) is 1. The van der Waals surface area contributed by atoms with Gasteiger partial charge in [0.05, 0.1) is 11.4 Å². The van der Waals surface area contributed by atoms with Crippen molar-refractivity contribution in [2.24, 2.45) is 0 Å². The van der Waals surface area contributed by atoms with Crippen molar-refractivity contribution in [3.05, 3.63) is 11.5 Å². The Hall–Kier alpha value is -1.01. The van der Waals surface area contributed by atoms with E-state index in [0.29, 0.717) is 11.0 Å². The maximum Gasteiger partial charge on any atom is 0.256 e. The van der Waals surface area contributed by atoms with E-state index < -0.39 is 0 Å². The van der Waals surface area contributed by atoms with Gasteiger partial charge in [0, 0.05) is 26.2 Å². The maximum absolute atomic E-state index is 11.9. The normalized spacial score (nSPS) is 16.2. The predicted octanol–water partition coefficient (Wildman–Crippen LogP) is 0.815. The van der Waals surface area contributed by atoms with Crippen molar-refractivity contribution in [3.63, 3.8) is 0 Å². The Morgan fingerprint density at radius 3 is 2.76 bits per heavy atom. The Morgan fingerprint density at radius 2 is 2.18 bits per heavy atom. The zero-order valence-electron chi connectivity index (χ0n) is 10.2. The second-order valence-corrected chi connectivity index (χ2v) is 4.97. The molecule has 1 amide bonds. The molecule has 1 fully saturated rings. The SMILES string of the molecule is Cc1nc(SCC(=O)N2CCNCC2)oc1C. The molecule has 1 aliphatic rings. The second kappa shape index (κ2) is 5.55. The van der Waals surface area contributed by atoms with E-state index >= 15 is 0 Å². The van der Waals surface area contributed by atoms with Crippen LogP contribution in [0.5, 0.6) is 0 Å². The summed E-state index contributed by atoms with van der Waals surface area (Å²) in [6, 6.07) is 0. The van der Waals surface area contributed by atoms with Crippen molar-refractivity contribution in [2.45, 2.75) is 19.1 Å². The molecule has 0 radical (unpaired) electrons. The third-order valence-corrected chi connectivity index (χ3v) is 3.61. The average Bonchev–Trinajstić information content (AvgIpc) is 2.67. The highest BCUT2D eigenvalue weighted by Crippen LogP contribution is 2.20. The first-order chi connectivity index (χ1) is 8.16. The number of carbonyl (C=O) groups is 1. The van der Waals surface area contributed by atoms with Crippen molar-refractivity contribution in [1.29, 1.82) is 0 Å². The number of rotatable bonds is 3. The topological polar surface area (TPSA) is 58.4 Å². The lowest BCUT2D eigenvalue weighted by Gasteiger charge is -2.27. The van der Waals surface area contributed by atoms with Gasteiger partial charge in [0.1, 0.15) is 5.76 Å². The van der Waals surface area contributed by atoms with Gasteiger partial charge in [-0.1, -0.05) is 11.8 Å². The lowest BCUT2D eigenvalue weighted by molar-refractivity contribution is -0.128. The second-order valence-electron chi connectivity index (χ2n) is 4.04. The van der Waals surface area contributed by atoms with Crippen LogP contribution in [0.1, 0.15) is 11.5 Å². The molecule has 0 aliphatic carbocycles. The molecule has 0 spiro atoms. The Labute approximate surface area is 105 Å². The Kier molecular flexibility index (Phi) is 4.06. The molecule has 94 valence electrons. The number of amides is 1. The van der Waals surface area contributed by atoms with E-state index in [1.54, 1.807) is 0 Å². The molecule has 0 bridgehead atoms. The van der Waals surface area contributed by atoms with E-state index in [0.717, 1.165) is 37.6 Å². The average molecular weight is 255 g/mol. The molecule has 0 aromatic carbocycles. The molecular formula is C11H17N3O2S. The highest BCUT2D eigenvalue weighted by molar-refractivity contribution is 7.99. The van der Waals surface area contributed by atoms with Crippen LogP contribution >= 0.6 is 11.8 Å². The third kappa shape index (κ3) is 3.23. The molecule has 0 saturated carbocycles. The van der Waals surface area contributed by atoms with Crippen LogP contribution in [0, 0.1) is 13.8 Å². The Bertz CT molecular complexity index is 380. The van der Waals surface area contributed by atoms with Crippen LogP contribution in [0.4, 0.5) is 0 Å².